The second kappa shape index (κ2) is 8.53. The smallest absolute Gasteiger partial charge is 0.188 e. The van der Waals surface area contributed by atoms with Crippen molar-refractivity contribution in [2.45, 2.75) is 39.7 Å². The van der Waals surface area contributed by atoms with Crippen molar-refractivity contribution in [2.75, 3.05) is 26.7 Å². The predicted molar refractivity (Wildman–Crippen MR) is 67.2 cm³/mol. The van der Waals surface area contributed by atoms with Crippen LogP contribution in [0.5, 0.6) is 0 Å². The van der Waals surface area contributed by atoms with Crippen LogP contribution in [0.15, 0.2) is 4.99 Å². The molecule has 0 aliphatic carbocycles. The summed E-state index contributed by atoms with van der Waals surface area (Å²) in [6.07, 6.45) is 2.27. The Labute approximate surface area is 93.9 Å². The lowest BCUT2D eigenvalue weighted by Gasteiger charge is -2.20. The van der Waals surface area contributed by atoms with Crippen LogP contribution < -0.4 is 11.1 Å². The van der Waals surface area contributed by atoms with Crippen molar-refractivity contribution in [3.8, 4) is 0 Å². The van der Waals surface area contributed by atoms with E-state index < -0.39 is 0 Å². The topological polar surface area (TPSA) is 53.6 Å². The molecule has 0 aliphatic rings. The minimum Gasteiger partial charge on any atom is -0.370 e. The van der Waals surface area contributed by atoms with Crippen molar-refractivity contribution in [3.05, 3.63) is 0 Å². The van der Waals surface area contributed by atoms with E-state index in [0.29, 0.717) is 12.0 Å². The fourth-order valence-corrected chi connectivity index (χ4v) is 1.03. The molecule has 0 bridgehead atoms. The van der Waals surface area contributed by atoms with Crippen LogP contribution in [0.3, 0.4) is 0 Å². The fourth-order valence-electron chi connectivity index (χ4n) is 1.03. The molecule has 15 heavy (non-hydrogen) atoms. The molecule has 0 amide bonds. The summed E-state index contributed by atoms with van der Waals surface area (Å²) in [4.78, 5) is 6.49. The van der Waals surface area contributed by atoms with Crippen LogP contribution in [-0.2, 0) is 0 Å². The Balaban J connectivity index is 3.53. The molecule has 0 atom stereocenters. The van der Waals surface area contributed by atoms with E-state index in [9.17, 15) is 0 Å². The normalized spacial score (nSPS) is 12.5. The van der Waals surface area contributed by atoms with Crippen molar-refractivity contribution in [3.63, 3.8) is 0 Å². The Morgan fingerprint density at radius 2 is 2.13 bits per heavy atom. The maximum atomic E-state index is 5.70. The van der Waals surface area contributed by atoms with Crippen molar-refractivity contribution in [2.24, 2.45) is 10.7 Å². The molecule has 0 heterocycles. The number of nitrogens with one attached hydrogen (secondary N) is 1. The van der Waals surface area contributed by atoms with E-state index in [1.165, 1.54) is 0 Å². The largest absolute Gasteiger partial charge is 0.370 e. The van der Waals surface area contributed by atoms with Crippen LogP contribution in [0.1, 0.15) is 33.6 Å². The standard InChI is InChI=1S/C11H26N4/c1-5-6-7-13-11(12)14-8-9-15(4)10(2)3/h10H,5-9H2,1-4H3,(H3,12,13,14). The molecule has 0 aromatic rings. The molecule has 0 saturated carbocycles. The third-order valence-corrected chi connectivity index (χ3v) is 2.45. The Hall–Kier alpha value is -0.770. The number of rotatable bonds is 7. The van der Waals surface area contributed by atoms with Gasteiger partial charge in [-0.05, 0) is 27.3 Å². The van der Waals surface area contributed by atoms with E-state index in [4.69, 9.17) is 5.73 Å². The molecule has 0 unspecified atom stereocenters. The van der Waals surface area contributed by atoms with E-state index in [2.05, 4.69) is 43.0 Å². The van der Waals surface area contributed by atoms with E-state index in [1.54, 1.807) is 0 Å². The molecule has 4 heteroatoms. The van der Waals surface area contributed by atoms with Crippen LogP contribution in [0, 0.1) is 0 Å². The molecule has 4 nitrogen and oxygen atoms in total. The molecular weight excluding hydrogens is 188 g/mol. The average molecular weight is 214 g/mol. The summed E-state index contributed by atoms with van der Waals surface area (Å²) >= 11 is 0. The van der Waals surface area contributed by atoms with Gasteiger partial charge in [0.1, 0.15) is 0 Å². The molecule has 0 aliphatic heterocycles. The molecular formula is C11H26N4. The summed E-state index contributed by atoms with van der Waals surface area (Å²) < 4.78 is 0. The summed E-state index contributed by atoms with van der Waals surface area (Å²) in [7, 11) is 2.11. The van der Waals surface area contributed by atoms with Crippen molar-refractivity contribution in [1.82, 2.24) is 10.2 Å². The van der Waals surface area contributed by atoms with E-state index in [0.717, 1.165) is 32.5 Å². The number of hydrogen-bond donors (Lipinski definition) is 2. The van der Waals surface area contributed by atoms with Gasteiger partial charge in [-0.25, -0.2) is 0 Å². The highest BCUT2D eigenvalue weighted by Crippen LogP contribution is 1.90. The number of unbranched alkanes of at least 4 members (excludes halogenated alkanes) is 1. The molecule has 0 radical (unpaired) electrons. The van der Waals surface area contributed by atoms with Gasteiger partial charge < -0.3 is 16.0 Å². The van der Waals surface area contributed by atoms with E-state index >= 15 is 0 Å². The lowest BCUT2D eigenvalue weighted by molar-refractivity contribution is 0.278. The van der Waals surface area contributed by atoms with Gasteiger partial charge in [0.2, 0.25) is 0 Å². The SMILES string of the molecule is CCCCN=C(N)NCCN(C)C(C)C. The number of guanidine groups is 1. The summed E-state index contributed by atoms with van der Waals surface area (Å²) in [5, 5.41) is 3.11. The number of hydrogen-bond acceptors (Lipinski definition) is 2. The maximum Gasteiger partial charge on any atom is 0.188 e. The zero-order valence-electron chi connectivity index (χ0n) is 10.6. The molecule has 3 N–H and O–H groups in total. The Kier molecular flexibility index (Phi) is 8.09. The van der Waals surface area contributed by atoms with Gasteiger partial charge in [0.05, 0.1) is 0 Å². The molecule has 0 rings (SSSR count). The highest BCUT2D eigenvalue weighted by atomic mass is 15.2. The summed E-state index contributed by atoms with van der Waals surface area (Å²) in [6, 6.07) is 0.574. The second-order valence-electron chi connectivity index (χ2n) is 4.12. The van der Waals surface area contributed by atoms with Crippen molar-refractivity contribution in [1.29, 1.82) is 0 Å². The molecule has 0 aromatic heterocycles. The van der Waals surface area contributed by atoms with Crippen molar-refractivity contribution >= 4 is 5.96 Å². The van der Waals surface area contributed by atoms with Gasteiger partial charge in [-0.1, -0.05) is 13.3 Å². The first-order valence-electron chi connectivity index (χ1n) is 5.82. The number of nitrogens with zero attached hydrogens (tertiary/aromatic N) is 2. The minimum atomic E-state index is 0.570. The predicted octanol–water partition coefficient (Wildman–Crippen LogP) is 1.03. The van der Waals surface area contributed by atoms with Gasteiger partial charge in [-0.2, -0.15) is 0 Å². The molecule has 90 valence electrons. The van der Waals surface area contributed by atoms with Gasteiger partial charge >= 0.3 is 0 Å². The van der Waals surface area contributed by atoms with E-state index in [-0.39, 0.29) is 0 Å². The lowest BCUT2D eigenvalue weighted by Crippen LogP contribution is -2.39. The highest BCUT2D eigenvalue weighted by Gasteiger charge is 2.01. The van der Waals surface area contributed by atoms with Crippen LogP contribution in [0.4, 0.5) is 0 Å². The molecule has 0 saturated heterocycles. The summed E-state index contributed by atoms with van der Waals surface area (Å²) in [6.45, 7) is 9.18. The third kappa shape index (κ3) is 8.24. The second-order valence-corrected chi connectivity index (χ2v) is 4.12. The molecule has 0 fully saturated rings. The maximum absolute atomic E-state index is 5.70. The van der Waals surface area contributed by atoms with Crippen LogP contribution >= 0.6 is 0 Å². The molecule has 0 aromatic carbocycles. The lowest BCUT2D eigenvalue weighted by atomic mass is 10.3. The molecule has 0 spiro atoms. The first kappa shape index (κ1) is 14.2. The first-order chi connectivity index (χ1) is 7.07. The van der Waals surface area contributed by atoms with E-state index in [1.807, 2.05) is 0 Å². The number of aliphatic imine (C=N–C) groups is 1. The zero-order valence-corrected chi connectivity index (χ0v) is 10.6. The van der Waals surface area contributed by atoms with Gasteiger partial charge in [0.15, 0.2) is 5.96 Å². The number of nitrogens with two attached hydrogens (primary N) is 1. The van der Waals surface area contributed by atoms with Gasteiger partial charge in [-0.15, -0.1) is 0 Å². The Morgan fingerprint density at radius 1 is 1.47 bits per heavy atom. The average Bonchev–Trinajstić information content (AvgIpc) is 2.18. The monoisotopic (exact) mass is 214 g/mol. The Morgan fingerprint density at radius 3 is 2.67 bits per heavy atom. The minimum absolute atomic E-state index is 0.570. The summed E-state index contributed by atoms with van der Waals surface area (Å²) in [5.41, 5.74) is 5.70. The quantitative estimate of drug-likeness (QED) is 0.378. The van der Waals surface area contributed by atoms with Gasteiger partial charge in [0.25, 0.3) is 0 Å². The van der Waals surface area contributed by atoms with Crippen molar-refractivity contribution < 1.29 is 0 Å². The van der Waals surface area contributed by atoms with Crippen LogP contribution in [-0.4, -0.2) is 43.6 Å². The Bertz CT molecular complexity index is 177. The van der Waals surface area contributed by atoms with Crippen LogP contribution in [0.25, 0.3) is 0 Å². The summed E-state index contributed by atoms with van der Waals surface area (Å²) in [5.74, 6) is 0.570. The zero-order chi connectivity index (χ0) is 11.7. The van der Waals surface area contributed by atoms with Gasteiger partial charge in [0, 0.05) is 25.7 Å². The highest BCUT2D eigenvalue weighted by molar-refractivity contribution is 5.77. The number of likely N-dealkylation sites (N-methyl/N-ethyl adjacent to an activating group) is 1. The fraction of sp³-hybridized carbons (Fsp3) is 0.909. The van der Waals surface area contributed by atoms with Crippen LogP contribution in [0.2, 0.25) is 0 Å². The van der Waals surface area contributed by atoms with Gasteiger partial charge in [-0.3, -0.25) is 4.99 Å². The first-order valence-corrected chi connectivity index (χ1v) is 5.82. The third-order valence-electron chi connectivity index (χ3n) is 2.45.